The maximum atomic E-state index is 14.4. The van der Waals surface area contributed by atoms with Crippen LogP contribution in [-0.2, 0) is 38.8 Å². The fourth-order valence-electron chi connectivity index (χ4n) is 6.21. The number of methoxy groups -OCH3 is 1. The van der Waals surface area contributed by atoms with Gasteiger partial charge < -0.3 is 29.8 Å². The van der Waals surface area contributed by atoms with Crippen molar-refractivity contribution in [3.8, 4) is 11.6 Å². The zero-order valence-corrected chi connectivity index (χ0v) is 31.8. The lowest BCUT2D eigenvalue weighted by atomic mass is 9.85. The first-order valence-electron chi connectivity index (χ1n) is 16.7. The lowest BCUT2D eigenvalue weighted by Crippen LogP contribution is -2.60. The number of hydroxylamine groups is 2. The summed E-state index contributed by atoms with van der Waals surface area (Å²) in [6.07, 6.45) is 0.292. The van der Waals surface area contributed by atoms with E-state index >= 15 is 0 Å². The van der Waals surface area contributed by atoms with Crippen LogP contribution in [0.1, 0.15) is 59.3 Å². The molecule has 4 aliphatic rings. The van der Waals surface area contributed by atoms with Crippen molar-refractivity contribution in [3.63, 3.8) is 0 Å². The van der Waals surface area contributed by atoms with Gasteiger partial charge in [-0.3, -0.25) is 28.7 Å². The van der Waals surface area contributed by atoms with Gasteiger partial charge in [0.25, 0.3) is 17.7 Å². The smallest absolute Gasteiger partial charge is 0.432 e. The van der Waals surface area contributed by atoms with Crippen LogP contribution < -0.4 is 24.8 Å². The van der Waals surface area contributed by atoms with Gasteiger partial charge in [-0.1, -0.05) is 43.4 Å². The number of pyridine rings is 1. The van der Waals surface area contributed by atoms with Crippen LogP contribution in [0, 0.1) is 5.41 Å². The highest BCUT2D eigenvalue weighted by atomic mass is 127. The van der Waals surface area contributed by atoms with Crippen LogP contribution in [0.2, 0.25) is 0 Å². The number of aromatic nitrogens is 1. The van der Waals surface area contributed by atoms with Crippen LogP contribution in [0.25, 0.3) is 10.8 Å². The van der Waals surface area contributed by atoms with E-state index in [0.717, 1.165) is 5.39 Å². The molecule has 5 atom stereocenters. The van der Waals surface area contributed by atoms with Crippen molar-refractivity contribution < 1.29 is 51.5 Å². The first-order chi connectivity index (χ1) is 24.4. The summed E-state index contributed by atoms with van der Waals surface area (Å²) in [6, 6.07) is 4.53. The number of ether oxygens (including phenoxy) is 2. The molecule has 2 aromatic rings. The molecular formula is C33H39IN6O11S. The van der Waals surface area contributed by atoms with Crippen LogP contribution in [-0.4, -0.2) is 106 Å². The average Bonchev–Trinajstić information content (AvgIpc) is 3.98. The van der Waals surface area contributed by atoms with E-state index in [1.54, 1.807) is 58.3 Å². The van der Waals surface area contributed by atoms with Crippen LogP contribution in [0.15, 0.2) is 30.5 Å². The summed E-state index contributed by atoms with van der Waals surface area (Å²) in [7, 11) is -2.36. The summed E-state index contributed by atoms with van der Waals surface area (Å²) in [5.41, 5.74) is -2.50. The number of imide groups is 1. The third-order valence-electron chi connectivity index (χ3n) is 9.44. The molecule has 2 saturated carbocycles. The van der Waals surface area contributed by atoms with E-state index in [1.807, 2.05) is 22.6 Å². The van der Waals surface area contributed by atoms with E-state index in [0.29, 0.717) is 29.0 Å². The zero-order chi connectivity index (χ0) is 37.7. The number of hydrogen-bond donors (Lipinski definition) is 3. The second kappa shape index (κ2) is 13.9. The number of likely N-dealkylation sites (tertiary alicyclic amines) is 1. The summed E-state index contributed by atoms with van der Waals surface area (Å²) in [5, 5.41) is 6.31. The van der Waals surface area contributed by atoms with Gasteiger partial charge in [-0.2, -0.15) is 0 Å². The lowest BCUT2D eigenvalue weighted by Gasteiger charge is -2.35. The molecule has 0 radical (unpaired) electrons. The number of hydrogen-bond acceptors (Lipinski definition) is 12. The molecule has 1 aromatic carbocycles. The maximum absolute atomic E-state index is 14.4. The number of carbonyl (C=O) groups is 6. The minimum Gasteiger partial charge on any atom is -0.497 e. The number of fused-ring (bicyclic) bond motifs is 1. The van der Waals surface area contributed by atoms with Crippen molar-refractivity contribution in [1.82, 2.24) is 30.3 Å². The van der Waals surface area contributed by atoms with Gasteiger partial charge in [0, 0.05) is 34.8 Å². The predicted molar refractivity (Wildman–Crippen MR) is 190 cm³/mol. The largest absolute Gasteiger partial charge is 0.497 e. The molecule has 6 rings (SSSR count). The van der Waals surface area contributed by atoms with Crippen LogP contribution in [0.3, 0.4) is 0 Å². The third-order valence-corrected chi connectivity index (χ3v) is 12.8. The van der Waals surface area contributed by atoms with E-state index in [9.17, 15) is 37.2 Å². The van der Waals surface area contributed by atoms with Gasteiger partial charge >= 0.3 is 6.09 Å². The minimum atomic E-state index is -3.90. The van der Waals surface area contributed by atoms with Gasteiger partial charge in [0.05, 0.1) is 18.9 Å². The van der Waals surface area contributed by atoms with Crippen LogP contribution in [0.5, 0.6) is 11.6 Å². The molecule has 0 bridgehead atoms. The highest BCUT2D eigenvalue weighted by molar-refractivity contribution is 14.1. The normalized spacial score (nSPS) is 25.1. The Labute approximate surface area is 313 Å². The van der Waals surface area contributed by atoms with Crippen molar-refractivity contribution in [2.24, 2.45) is 5.41 Å². The zero-order valence-electron chi connectivity index (χ0n) is 28.8. The van der Waals surface area contributed by atoms with Crippen molar-refractivity contribution in [2.75, 3.05) is 13.7 Å². The summed E-state index contributed by atoms with van der Waals surface area (Å²) in [4.78, 5) is 89.6. The van der Waals surface area contributed by atoms with Crippen LogP contribution >= 0.6 is 22.6 Å². The Hall–Kier alpha value is -4.27. The van der Waals surface area contributed by atoms with E-state index in [4.69, 9.17) is 14.3 Å². The molecule has 2 aliphatic heterocycles. The molecule has 6 amide bonds. The number of alkyl halides is 1. The molecule has 19 heteroatoms. The van der Waals surface area contributed by atoms with Crippen molar-refractivity contribution in [1.29, 1.82) is 0 Å². The number of carbonyl (C=O) groups excluding carboxylic acids is 6. The molecule has 17 nitrogen and oxygen atoms in total. The molecule has 52 heavy (non-hydrogen) atoms. The van der Waals surface area contributed by atoms with Gasteiger partial charge in [-0.05, 0) is 54.3 Å². The van der Waals surface area contributed by atoms with Gasteiger partial charge in [0.2, 0.25) is 27.7 Å². The molecule has 0 spiro atoms. The molecular weight excluding hydrogens is 815 g/mol. The van der Waals surface area contributed by atoms with Gasteiger partial charge in [0.15, 0.2) is 0 Å². The summed E-state index contributed by atoms with van der Waals surface area (Å²) < 4.78 is 38.5. The molecule has 1 aromatic heterocycles. The van der Waals surface area contributed by atoms with Crippen molar-refractivity contribution in [3.05, 3.63) is 30.5 Å². The summed E-state index contributed by atoms with van der Waals surface area (Å²) in [6.45, 7) is 4.86. The molecule has 280 valence electrons. The van der Waals surface area contributed by atoms with E-state index < -0.39 is 84.0 Å². The fourth-order valence-corrected chi connectivity index (χ4v) is 8.71. The third kappa shape index (κ3) is 7.60. The molecule has 0 unspecified atom stereocenters. The highest BCUT2D eigenvalue weighted by Gasteiger charge is 2.62. The van der Waals surface area contributed by atoms with Crippen molar-refractivity contribution in [2.45, 2.75) is 92.2 Å². The number of sulfonamides is 1. The van der Waals surface area contributed by atoms with Crippen LogP contribution in [0.4, 0.5) is 4.79 Å². The van der Waals surface area contributed by atoms with Gasteiger partial charge in [-0.15, -0.1) is 5.06 Å². The first kappa shape index (κ1) is 37.5. The monoisotopic (exact) mass is 854 g/mol. The second-order valence-corrected chi connectivity index (χ2v) is 17.9. The quantitative estimate of drug-likeness (QED) is 0.166. The van der Waals surface area contributed by atoms with Gasteiger partial charge in [0.1, 0.15) is 29.5 Å². The van der Waals surface area contributed by atoms with Gasteiger partial charge in [-0.25, -0.2) is 18.2 Å². The Balaban J connectivity index is 1.26. The number of amides is 6. The highest BCUT2D eigenvalue weighted by Crippen LogP contribution is 2.44. The topological polar surface area (TPSA) is 220 Å². The van der Waals surface area contributed by atoms with E-state index in [2.05, 4.69) is 20.3 Å². The molecule has 4 fully saturated rings. The number of benzene rings is 1. The van der Waals surface area contributed by atoms with Crippen molar-refractivity contribution >= 4 is 79.0 Å². The molecule has 3 N–H and O–H groups in total. The predicted octanol–water partition coefficient (Wildman–Crippen LogP) is 1.47. The lowest BCUT2D eigenvalue weighted by molar-refractivity contribution is -0.171. The SMILES string of the molecule is COc1ccc2c(O[C@@H]3C[C@@H](C(=O)N[C@]4(C(=O)NS(=O)(=O)C5CC5)C[C@H]4I)N(C(=O)[C@@H](NC(=O)ON4C(=O)CCC4=O)C(C)(C)C)C3)nccc2c1. The molecule has 2 aliphatic carbocycles. The Morgan fingerprint density at radius 1 is 1.08 bits per heavy atom. The summed E-state index contributed by atoms with van der Waals surface area (Å²) >= 11 is 1.97. The Morgan fingerprint density at radius 2 is 1.75 bits per heavy atom. The second-order valence-electron chi connectivity index (χ2n) is 14.4. The Bertz CT molecular complexity index is 1940. The molecule has 2 saturated heterocycles. The Morgan fingerprint density at radius 3 is 2.35 bits per heavy atom. The fraction of sp³-hybridized carbons (Fsp3) is 0.545. The Kier molecular flexibility index (Phi) is 10.0. The minimum absolute atomic E-state index is 0.0477. The number of halogens is 1. The summed E-state index contributed by atoms with van der Waals surface area (Å²) in [5.74, 6) is -2.83. The number of nitrogens with zero attached hydrogens (tertiary/aromatic N) is 3. The number of rotatable bonds is 11. The first-order valence-corrected chi connectivity index (χ1v) is 19.5. The standard InChI is InChI=1S/C33H39IN6O11S/c1-32(2,3)26(36-31(46)51-40-24(41)9-10-25(40)42)29(44)39-16-19(50-28-21-8-5-18(49-4)13-17(21)11-12-35-28)14-22(39)27(43)37-33(15-23(33)34)30(45)38-52(47,48)20-6-7-20/h5,8,11-13,19-20,22-23,26H,6-7,9-10,14-16H2,1-4H3,(H,36,46)(H,37,43)(H,38,45)/t19-,22+,23-,26-,33-/m1/s1. The maximum Gasteiger partial charge on any atom is 0.432 e. The average molecular weight is 855 g/mol. The number of nitrogens with one attached hydrogen (secondary N) is 3. The molecule has 3 heterocycles. The van der Waals surface area contributed by atoms with E-state index in [-0.39, 0.29) is 38.1 Å². The van der Waals surface area contributed by atoms with E-state index in [1.165, 1.54) is 4.90 Å².